The number of hydrogen-bond donors (Lipinski definition) is 1. The van der Waals surface area contributed by atoms with Crippen molar-refractivity contribution in [2.24, 2.45) is 10.7 Å². The van der Waals surface area contributed by atoms with Crippen molar-refractivity contribution in [2.45, 2.75) is 13.0 Å². The number of ether oxygens (including phenoxy) is 3. The largest absolute Gasteiger partial charge is 0.493 e. The van der Waals surface area contributed by atoms with Gasteiger partial charge in [-0.1, -0.05) is 6.07 Å². The molecule has 0 fully saturated rings. The van der Waals surface area contributed by atoms with Gasteiger partial charge in [0.15, 0.2) is 16.7 Å². The average Bonchev–Trinajstić information content (AvgIpc) is 3.00. The Kier molecular flexibility index (Phi) is 5.01. The van der Waals surface area contributed by atoms with E-state index in [1.165, 1.54) is 26.0 Å². The van der Waals surface area contributed by atoms with Crippen LogP contribution in [0.5, 0.6) is 11.5 Å². The second kappa shape index (κ2) is 7.25. The second-order valence-corrected chi connectivity index (χ2v) is 6.68. The van der Waals surface area contributed by atoms with Crippen LogP contribution in [0.15, 0.2) is 45.2 Å². The van der Waals surface area contributed by atoms with Gasteiger partial charge in [0, 0.05) is 0 Å². The molecule has 0 aromatic heterocycles. The van der Waals surface area contributed by atoms with Gasteiger partial charge in [0.25, 0.3) is 0 Å². The van der Waals surface area contributed by atoms with Crippen LogP contribution in [0.1, 0.15) is 18.5 Å². The van der Waals surface area contributed by atoms with Crippen molar-refractivity contribution in [1.29, 1.82) is 5.26 Å². The zero-order valence-electron chi connectivity index (χ0n) is 15.3. The summed E-state index contributed by atoms with van der Waals surface area (Å²) in [6, 6.07) is 6.79. The molecule has 2 aliphatic rings. The molecule has 0 spiro atoms. The fraction of sp³-hybridized carbons (Fsp3) is 0.278. The Morgan fingerprint density at radius 3 is 2.59 bits per heavy atom. The fourth-order valence-corrected chi connectivity index (χ4v) is 3.97. The molecule has 2 heterocycles. The van der Waals surface area contributed by atoms with Crippen molar-refractivity contribution in [2.75, 3.05) is 21.3 Å². The predicted octanol–water partition coefficient (Wildman–Crippen LogP) is 2.26. The molecule has 0 aliphatic carbocycles. The summed E-state index contributed by atoms with van der Waals surface area (Å²) in [5.41, 5.74) is 7.77. The summed E-state index contributed by atoms with van der Waals surface area (Å²) < 4.78 is 15.7. The van der Waals surface area contributed by atoms with Crippen molar-refractivity contribution in [3.05, 3.63) is 45.8 Å². The van der Waals surface area contributed by atoms with E-state index >= 15 is 0 Å². The van der Waals surface area contributed by atoms with E-state index in [4.69, 9.17) is 19.9 Å². The van der Waals surface area contributed by atoms with E-state index in [0.717, 1.165) is 5.56 Å². The lowest BCUT2D eigenvalue weighted by Gasteiger charge is -2.34. The van der Waals surface area contributed by atoms with Gasteiger partial charge in [0.1, 0.15) is 16.8 Å². The van der Waals surface area contributed by atoms with Gasteiger partial charge in [-0.3, -0.25) is 4.90 Å². The highest BCUT2D eigenvalue weighted by Gasteiger charge is 2.42. The monoisotopic (exact) mass is 386 g/mol. The summed E-state index contributed by atoms with van der Waals surface area (Å²) >= 11 is 1.17. The van der Waals surface area contributed by atoms with E-state index in [1.54, 1.807) is 31.1 Å². The highest BCUT2D eigenvalue weighted by atomic mass is 32.2. The normalized spacial score (nSPS) is 18.7. The van der Waals surface area contributed by atoms with E-state index in [2.05, 4.69) is 11.1 Å². The van der Waals surface area contributed by atoms with Gasteiger partial charge in [0.2, 0.25) is 0 Å². The first-order chi connectivity index (χ1) is 13.0. The molecule has 0 saturated heterocycles. The number of nitrogens with zero attached hydrogens (tertiary/aromatic N) is 3. The van der Waals surface area contributed by atoms with Crippen molar-refractivity contribution in [1.82, 2.24) is 4.90 Å². The smallest absolute Gasteiger partial charge is 0.338 e. The first-order valence-corrected chi connectivity index (χ1v) is 8.75. The van der Waals surface area contributed by atoms with Gasteiger partial charge >= 0.3 is 5.97 Å². The number of benzene rings is 1. The average molecular weight is 386 g/mol. The summed E-state index contributed by atoms with van der Waals surface area (Å²) in [5.74, 6) is 0.798. The maximum Gasteiger partial charge on any atom is 0.338 e. The Balaban J connectivity index is 2.22. The zero-order valence-corrected chi connectivity index (χ0v) is 16.1. The van der Waals surface area contributed by atoms with E-state index < -0.39 is 12.0 Å². The van der Waals surface area contributed by atoms with Crippen LogP contribution in [0.4, 0.5) is 0 Å². The number of esters is 1. The standard InChI is InChI=1S/C18H18N4O4S/c1-9-14(17(23)26-4)15(10-5-6-11(24-2)12(7-10)25-3)22-16(20)13(8-19)27-18(22)21-9/h5-7,15H,20H2,1-4H3/t15-/m0/s1. The summed E-state index contributed by atoms with van der Waals surface area (Å²) in [5, 5.41) is 9.88. The van der Waals surface area contributed by atoms with Crippen molar-refractivity contribution >= 4 is 22.9 Å². The molecule has 8 nitrogen and oxygen atoms in total. The molecule has 0 amide bonds. The number of thioether (sulfide) groups is 1. The lowest BCUT2D eigenvalue weighted by molar-refractivity contribution is -0.136. The van der Waals surface area contributed by atoms with Crippen molar-refractivity contribution < 1.29 is 19.0 Å². The molecule has 2 aliphatic heterocycles. The molecule has 3 rings (SSSR count). The molecule has 0 bridgehead atoms. The van der Waals surface area contributed by atoms with Crippen LogP contribution in [0.3, 0.4) is 0 Å². The minimum atomic E-state index is -0.608. The number of carbonyl (C=O) groups excluding carboxylic acids is 1. The molecule has 1 aromatic rings. The molecular weight excluding hydrogens is 368 g/mol. The molecule has 140 valence electrons. The van der Waals surface area contributed by atoms with Crippen LogP contribution in [0, 0.1) is 11.3 Å². The molecule has 0 unspecified atom stereocenters. The van der Waals surface area contributed by atoms with E-state index in [9.17, 15) is 10.1 Å². The number of rotatable bonds is 4. The topological polar surface area (TPSA) is 110 Å². The van der Waals surface area contributed by atoms with E-state index in [0.29, 0.717) is 32.8 Å². The van der Waals surface area contributed by atoms with Crippen LogP contribution in [-0.4, -0.2) is 37.4 Å². The van der Waals surface area contributed by atoms with E-state index in [-0.39, 0.29) is 5.82 Å². The van der Waals surface area contributed by atoms with Gasteiger partial charge in [-0.15, -0.1) is 0 Å². The number of allylic oxidation sites excluding steroid dienone is 2. The molecule has 2 N–H and O–H groups in total. The number of methoxy groups -OCH3 is 3. The summed E-state index contributed by atoms with van der Waals surface area (Å²) in [6.45, 7) is 1.73. The number of nitriles is 1. The van der Waals surface area contributed by atoms with Crippen LogP contribution in [-0.2, 0) is 9.53 Å². The van der Waals surface area contributed by atoms with Gasteiger partial charge in [-0.25, -0.2) is 9.79 Å². The molecule has 9 heteroatoms. The minimum Gasteiger partial charge on any atom is -0.493 e. The van der Waals surface area contributed by atoms with Crippen LogP contribution >= 0.6 is 11.8 Å². The number of nitrogens with two attached hydrogens (primary N) is 1. The van der Waals surface area contributed by atoms with E-state index in [1.807, 2.05) is 6.07 Å². The molecule has 1 atom stereocenters. The molecule has 0 radical (unpaired) electrons. The highest BCUT2D eigenvalue weighted by molar-refractivity contribution is 8.17. The van der Waals surface area contributed by atoms with Gasteiger partial charge in [-0.05, 0) is 36.4 Å². The predicted molar refractivity (Wildman–Crippen MR) is 101 cm³/mol. The van der Waals surface area contributed by atoms with Crippen LogP contribution in [0.25, 0.3) is 0 Å². The minimum absolute atomic E-state index is 0.245. The van der Waals surface area contributed by atoms with Gasteiger partial charge in [-0.2, -0.15) is 5.26 Å². The Bertz CT molecular complexity index is 945. The Labute approximate surface area is 160 Å². The first-order valence-electron chi connectivity index (χ1n) is 7.93. The Morgan fingerprint density at radius 2 is 2.00 bits per heavy atom. The third kappa shape index (κ3) is 2.98. The second-order valence-electron chi connectivity index (χ2n) is 5.70. The van der Waals surface area contributed by atoms with Crippen LogP contribution in [0.2, 0.25) is 0 Å². The van der Waals surface area contributed by atoms with Crippen molar-refractivity contribution in [3.8, 4) is 17.6 Å². The lowest BCUT2D eigenvalue weighted by atomic mass is 9.94. The number of amidine groups is 1. The molecular formula is C18H18N4O4S. The zero-order chi connectivity index (χ0) is 19.7. The number of aliphatic imine (C=N–C) groups is 1. The molecule has 27 heavy (non-hydrogen) atoms. The molecule has 0 saturated carbocycles. The number of hydrogen-bond acceptors (Lipinski definition) is 9. The third-order valence-electron chi connectivity index (χ3n) is 4.31. The number of carbonyl (C=O) groups is 1. The number of fused-ring (bicyclic) bond motifs is 1. The maximum atomic E-state index is 12.5. The SMILES string of the molecule is COC(=O)C1=C(C)N=C2SC(C#N)=C(N)N2[C@H]1c1ccc(OC)c(OC)c1. The summed E-state index contributed by atoms with van der Waals surface area (Å²) in [4.78, 5) is 19.0. The summed E-state index contributed by atoms with van der Waals surface area (Å²) in [7, 11) is 4.39. The lowest BCUT2D eigenvalue weighted by Crippen LogP contribution is -2.38. The quantitative estimate of drug-likeness (QED) is 0.785. The fourth-order valence-electron chi connectivity index (χ4n) is 3.05. The van der Waals surface area contributed by atoms with Gasteiger partial charge in [0.05, 0.1) is 38.6 Å². The van der Waals surface area contributed by atoms with Crippen molar-refractivity contribution in [3.63, 3.8) is 0 Å². The van der Waals surface area contributed by atoms with Crippen LogP contribution < -0.4 is 15.2 Å². The molecule has 1 aromatic carbocycles. The Morgan fingerprint density at radius 1 is 1.30 bits per heavy atom. The highest BCUT2D eigenvalue weighted by Crippen LogP contribution is 2.46. The summed E-state index contributed by atoms with van der Waals surface area (Å²) in [6.07, 6.45) is 0. The third-order valence-corrected chi connectivity index (χ3v) is 5.28. The Hall–Kier alpha value is -3.12. The maximum absolute atomic E-state index is 12.5. The van der Waals surface area contributed by atoms with Gasteiger partial charge < -0.3 is 19.9 Å². The first kappa shape index (κ1) is 18.7.